The first-order valence-electron chi connectivity index (χ1n) is 13.5. The number of anilines is 1. The molecule has 0 atom stereocenters. The monoisotopic (exact) mass is 653 g/mol. The lowest BCUT2D eigenvalue weighted by Gasteiger charge is -2.21. The van der Waals surface area contributed by atoms with Crippen molar-refractivity contribution in [2.24, 2.45) is 0 Å². The minimum absolute atomic E-state index is 0.117. The van der Waals surface area contributed by atoms with Crippen LogP contribution in [0.4, 0.5) is 23.2 Å². The van der Waals surface area contributed by atoms with Crippen molar-refractivity contribution in [3.8, 4) is 39.7 Å². The number of halogens is 4. The number of aromatic nitrogens is 1. The third-order valence-corrected chi connectivity index (χ3v) is 8.66. The summed E-state index contributed by atoms with van der Waals surface area (Å²) in [5, 5.41) is 2.88. The van der Waals surface area contributed by atoms with Crippen LogP contribution in [0, 0.1) is 23.3 Å². The van der Waals surface area contributed by atoms with Crippen molar-refractivity contribution in [2.45, 2.75) is 0 Å². The van der Waals surface area contributed by atoms with Gasteiger partial charge in [0.05, 0.1) is 30.2 Å². The van der Waals surface area contributed by atoms with E-state index in [0.717, 1.165) is 10.6 Å². The molecular formula is C32H23F4N3O6S. The van der Waals surface area contributed by atoms with Crippen LogP contribution in [0.15, 0.2) is 69.5 Å². The number of nitrogens with zero attached hydrogens (tertiary/aromatic N) is 2. The van der Waals surface area contributed by atoms with Crippen LogP contribution in [-0.2, 0) is 10.0 Å². The van der Waals surface area contributed by atoms with Gasteiger partial charge < -0.3 is 18.9 Å². The first-order valence-corrected chi connectivity index (χ1v) is 15.3. The summed E-state index contributed by atoms with van der Waals surface area (Å²) < 4.78 is 99.7. The van der Waals surface area contributed by atoms with Crippen LogP contribution in [-0.4, -0.2) is 46.8 Å². The summed E-state index contributed by atoms with van der Waals surface area (Å²) in [5.41, 5.74) is 0.777. The van der Waals surface area contributed by atoms with E-state index in [1.807, 2.05) is 0 Å². The van der Waals surface area contributed by atoms with Crippen LogP contribution < -0.4 is 14.4 Å². The van der Waals surface area contributed by atoms with E-state index in [2.05, 4.69) is 10.3 Å². The second-order valence-electron chi connectivity index (χ2n) is 10.3. The van der Waals surface area contributed by atoms with E-state index >= 15 is 0 Å². The van der Waals surface area contributed by atoms with E-state index in [-0.39, 0.29) is 45.4 Å². The lowest BCUT2D eigenvalue weighted by atomic mass is 9.97. The molecule has 4 aromatic carbocycles. The third kappa shape index (κ3) is 5.09. The van der Waals surface area contributed by atoms with E-state index in [1.54, 1.807) is 12.1 Å². The molecule has 0 saturated heterocycles. The Morgan fingerprint density at radius 3 is 2.24 bits per heavy atom. The van der Waals surface area contributed by atoms with Gasteiger partial charge in [-0.15, -0.1) is 0 Å². The van der Waals surface area contributed by atoms with Crippen molar-refractivity contribution in [3.63, 3.8) is 0 Å². The average molecular weight is 654 g/mol. The zero-order valence-electron chi connectivity index (χ0n) is 24.5. The van der Waals surface area contributed by atoms with Gasteiger partial charge in [-0.2, -0.15) is 0 Å². The first-order chi connectivity index (χ1) is 21.8. The fourth-order valence-corrected chi connectivity index (χ4v) is 5.60. The van der Waals surface area contributed by atoms with Gasteiger partial charge >= 0.3 is 0 Å². The molecule has 0 aliphatic carbocycles. The third-order valence-electron chi connectivity index (χ3n) is 7.47. The molecule has 236 valence electrons. The molecule has 0 aliphatic rings. The van der Waals surface area contributed by atoms with Gasteiger partial charge in [0.2, 0.25) is 15.9 Å². The quantitative estimate of drug-likeness (QED) is 0.147. The number of hydrogen-bond acceptors (Lipinski definition) is 7. The van der Waals surface area contributed by atoms with Crippen molar-refractivity contribution in [1.82, 2.24) is 10.3 Å². The van der Waals surface area contributed by atoms with Crippen molar-refractivity contribution in [2.75, 3.05) is 31.8 Å². The molecule has 14 heteroatoms. The molecule has 9 nitrogen and oxygen atoms in total. The Hall–Kier alpha value is -5.37. The lowest BCUT2D eigenvalue weighted by Crippen LogP contribution is -2.25. The predicted octanol–water partition coefficient (Wildman–Crippen LogP) is 6.90. The van der Waals surface area contributed by atoms with Crippen LogP contribution in [0.5, 0.6) is 5.75 Å². The van der Waals surface area contributed by atoms with E-state index < -0.39 is 44.7 Å². The summed E-state index contributed by atoms with van der Waals surface area (Å²) in [6.45, 7) is 0. The Morgan fingerprint density at radius 2 is 1.59 bits per heavy atom. The molecule has 0 spiro atoms. The summed E-state index contributed by atoms with van der Waals surface area (Å²) in [6.07, 6.45) is 1.01. The molecule has 2 aromatic heterocycles. The largest absolute Gasteiger partial charge is 0.496 e. The molecule has 2 heterocycles. The number of sulfonamides is 1. The minimum atomic E-state index is -3.84. The number of rotatable bonds is 7. The number of amides is 1. The van der Waals surface area contributed by atoms with Gasteiger partial charge in [0.25, 0.3) is 5.91 Å². The predicted molar refractivity (Wildman–Crippen MR) is 163 cm³/mol. The second-order valence-corrected chi connectivity index (χ2v) is 12.3. The van der Waals surface area contributed by atoms with Crippen molar-refractivity contribution >= 4 is 43.7 Å². The van der Waals surface area contributed by atoms with E-state index in [0.29, 0.717) is 28.1 Å². The number of nitrogens with one attached hydrogen (secondary N) is 1. The van der Waals surface area contributed by atoms with Gasteiger partial charge in [0, 0.05) is 42.7 Å². The van der Waals surface area contributed by atoms with E-state index in [1.165, 1.54) is 63.7 Å². The number of benzene rings is 4. The molecule has 6 aromatic rings. The highest BCUT2D eigenvalue weighted by Crippen LogP contribution is 2.43. The number of methoxy groups -OCH3 is 1. The van der Waals surface area contributed by atoms with Gasteiger partial charge in [0.15, 0.2) is 23.0 Å². The highest BCUT2D eigenvalue weighted by atomic mass is 32.2. The number of oxazole rings is 1. The molecular weight excluding hydrogens is 630 g/mol. The smallest absolute Gasteiger partial charge is 0.255 e. The molecule has 0 fully saturated rings. The van der Waals surface area contributed by atoms with Crippen LogP contribution in [0.2, 0.25) is 0 Å². The van der Waals surface area contributed by atoms with E-state index in [9.17, 15) is 30.8 Å². The number of ether oxygens (including phenoxy) is 1. The van der Waals surface area contributed by atoms with Gasteiger partial charge in [0.1, 0.15) is 28.4 Å². The molecule has 46 heavy (non-hydrogen) atoms. The molecule has 6 rings (SSSR count). The molecule has 0 bridgehead atoms. The summed E-state index contributed by atoms with van der Waals surface area (Å²) in [7, 11) is 0.280. The maximum absolute atomic E-state index is 14.5. The van der Waals surface area contributed by atoms with Gasteiger partial charge in [-0.1, -0.05) is 6.07 Å². The molecule has 0 saturated carbocycles. The van der Waals surface area contributed by atoms with Crippen LogP contribution >= 0.6 is 0 Å². The first kappa shape index (κ1) is 30.6. The van der Waals surface area contributed by atoms with Crippen molar-refractivity contribution < 1.29 is 44.3 Å². The van der Waals surface area contributed by atoms with Gasteiger partial charge in [-0.05, 0) is 48.0 Å². The number of furan rings is 1. The molecule has 0 radical (unpaired) electrons. The standard InChI is InChI=1S/C32H23F4N3O6S/c1-37-31(40)26-19-12-18(22(39(2)46(4,41)42)14-24(19)44-30(26)15-5-8-17(33)9-6-15)16-7-10-23(43-3)20(11-16)32-38-29-25(45-32)13-21(34)27(35)28(29)36/h5-14H,1-4H3,(H,37,40). The topological polar surface area (TPSA) is 115 Å². The SMILES string of the molecule is CNC(=O)c1c(-c2ccc(F)cc2)oc2cc(N(C)S(C)(=O)=O)c(-c3ccc(OC)c(-c4nc5c(F)c(F)c(F)cc5o4)c3)cc12. The number of carbonyl (C=O) groups is 1. The summed E-state index contributed by atoms with van der Waals surface area (Å²) in [6, 6.07) is 13.6. The highest BCUT2D eigenvalue weighted by molar-refractivity contribution is 7.92. The van der Waals surface area contributed by atoms with Crippen molar-refractivity contribution in [3.05, 3.63) is 89.5 Å². The zero-order chi connectivity index (χ0) is 33.1. The van der Waals surface area contributed by atoms with Crippen LogP contribution in [0.3, 0.4) is 0 Å². The van der Waals surface area contributed by atoms with Gasteiger partial charge in [-0.25, -0.2) is 31.0 Å². The highest BCUT2D eigenvalue weighted by Gasteiger charge is 2.27. The van der Waals surface area contributed by atoms with Gasteiger partial charge in [-0.3, -0.25) is 9.10 Å². The molecule has 1 amide bonds. The number of fused-ring (bicyclic) bond motifs is 2. The lowest BCUT2D eigenvalue weighted by molar-refractivity contribution is 0.0964. The molecule has 0 aliphatic heterocycles. The normalized spacial score (nSPS) is 11.7. The van der Waals surface area contributed by atoms with Crippen molar-refractivity contribution in [1.29, 1.82) is 0 Å². The fraction of sp³-hybridized carbons (Fsp3) is 0.125. The number of hydrogen-bond donors (Lipinski definition) is 1. The van der Waals surface area contributed by atoms with Crippen LogP contribution in [0.25, 0.3) is 56.0 Å². The summed E-state index contributed by atoms with van der Waals surface area (Å²) in [4.78, 5) is 17.2. The molecule has 0 unspecified atom stereocenters. The maximum Gasteiger partial charge on any atom is 0.255 e. The Bertz CT molecular complexity index is 2300. The summed E-state index contributed by atoms with van der Waals surface area (Å²) in [5.74, 6) is -5.61. The maximum atomic E-state index is 14.5. The van der Waals surface area contributed by atoms with Crippen LogP contribution in [0.1, 0.15) is 10.4 Å². The summed E-state index contributed by atoms with van der Waals surface area (Å²) >= 11 is 0. The second kappa shape index (κ2) is 11.2. The Kier molecular flexibility index (Phi) is 7.47. The fourth-order valence-electron chi connectivity index (χ4n) is 5.09. The Morgan fingerprint density at radius 1 is 0.891 bits per heavy atom. The Labute approximate surface area is 259 Å². The van der Waals surface area contributed by atoms with E-state index in [4.69, 9.17) is 13.6 Å². The molecule has 1 N–H and O–H groups in total. The average Bonchev–Trinajstić information content (AvgIpc) is 3.63. The minimum Gasteiger partial charge on any atom is -0.496 e. The Balaban J connectivity index is 1.64. The zero-order valence-corrected chi connectivity index (χ0v) is 25.4. The number of carbonyl (C=O) groups excluding carboxylic acids is 1.